The van der Waals surface area contributed by atoms with Gasteiger partial charge in [0, 0.05) is 20.4 Å². The van der Waals surface area contributed by atoms with Crippen LogP contribution in [0.4, 0.5) is 0 Å². The molecule has 0 N–H and O–H groups in total. The van der Waals surface area contributed by atoms with E-state index in [1.54, 1.807) is 12.3 Å². The summed E-state index contributed by atoms with van der Waals surface area (Å²) >= 11 is 6.95. The van der Waals surface area contributed by atoms with Crippen LogP contribution in [0.3, 0.4) is 0 Å². The summed E-state index contributed by atoms with van der Waals surface area (Å²) in [7, 11) is 0. The van der Waals surface area contributed by atoms with Crippen molar-refractivity contribution in [2.75, 3.05) is 0 Å². The maximum absolute atomic E-state index is 13.3. The number of benzene rings is 2. The maximum Gasteiger partial charge on any atom is 0.282 e. The Kier molecular flexibility index (Phi) is 7.47. The lowest BCUT2D eigenvalue weighted by atomic mass is 10.1. The molecule has 3 aromatic rings. The second kappa shape index (κ2) is 9.88. The number of halogens is 2. The van der Waals surface area contributed by atoms with Gasteiger partial charge in [0.05, 0.1) is 23.2 Å². The lowest BCUT2D eigenvalue weighted by Gasteiger charge is -2.16. The normalized spacial score (nSPS) is 13.7. The summed E-state index contributed by atoms with van der Waals surface area (Å²) in [6, 6.07) is 11.3. The highest BCUT2D eigenvalue weighted by atomic mass is 79.9. The SMILES string of the molecule is CC[C@@H](C)Oc1ccc(Br)cc1C=Nn1c([C@H](C)CC)nc2ccc(Br)cc2c1=O. The van der Waals surface area contributed by atoms with E-state index >= 15 is 0 Å². The van der Waals surface area contributed by atoms with E-state index in [0.29, 0.717) is 16.7 Å². The number of ether oxygens (including phenoxy) is 1. The molecule has 2 atom stereocenters. The van der Waals surface area contributed by atoms with Crippen molar-refractivity contribution in [3.8, 4) is 5.75 Å². The van der Waals surface area contributed by atoms with Crippen molar-refractivity contribution in [2.24, 2.45) is 5.10 Å². The molecule has 3 rings (SSSR count). The topological polar surface area (TPSA) is 56.5 Å². The predicted molar refractivity (Wildman–Crippen MR) is 130 cm³/mol. The van der Waals surface area contributed by atoms with Gasteiger partial charge >= 0.3 is 0 Å². The van der Waals surface area contributed by atoms with Crippen LogP contribution in [-0.2, 0) is 0 Å². The zero-order chi connectivity index (χ0) is 21.8. The number of hydrogen-bond donors (Lipinski definition) is 0. The molecule has 5 nitrogen and oxygen atoms in total. The van der Waals surface area contributed by atoms with Gasteiger partial charge in [0.25, 0.3) is 5.56 Å². The number of aromatic nitrogens is 2. The number of rotatable bonds is 7. The fourth-order valence-corrected chi connectivity index (χ4v) is 3.67. The Balaban J connectivity index is 2.15. The van der Waals surface area contributed by atoms with Gasteiger partial charge in [-0.15, -0.1) is 0 Å². The van der Waals surface area contributed by atoms with Gasteiger partial charge in [-0.3, -0.25) is 4.79 Å². The van der Waals surface area contributed by atoms with Crippen LogP contribution in [0.15, 0.2) is 55.2 Å². The molecule has 0 saturated heterocycles. The molecular weight excluding hydrogens is 510 g/mol. The Hall–Kier alpha value is -1.99. The summed E-state index contributed by atoms with van der Waals surface area (Å²) in [6.07, 6.45) is 3.49. The van der Waals surface area contributed by atoms with Crippen molar-refractivity contribution < 1.29 is 4.74 Å². The average Bonchev–Trinajstić information content (AvgIpc) is 2.74. The summed E-state index contributed by atoms with van der Waals surface area (Å²) < 4.78 is 9.19. The molecule has 0 fully saturated rings. The molecule has 0 amide bonds. The first-order valence-electron chi connectivity index (χ1n) is 10.1. The highest BCUT2D eigenvalue weighted by molar-refractivity contribution is 9.10. The quantitative estimate of drug-likeness (QED) is 0.325. The fourth-order valence-electron chi connectivity index (χ4n) is 2.93. The van der Waals surface area contributed by atoms with Crippen LogP contribution in [-0.4, -0.2) is 22.0 Å². The smallest absolute Gasteiger partial charge is 0.282 e. The molecule has 0 aliphatic rings. The number of nitrogens with zero attached hydrogens (tertiary/aromatic N) is 3. The van der Waals surface area contributed by atoms with Crippen molar-refractivity contribution in [1.82, 2.24) is 9.66 Å². The molecule has 0 spiro atoms. The van der Waals surface area contributed by atoms with E-state index in [9.17, 15) is 4.79 Å². The van der Waals surface area contributed by atoms with E-state index < -0.39 is 0 Å². The van der Waals surface area contributed by atoms with Crippen molar-refractivity contribution in [3.63, 3.8) is 0 Å². The third kappa shape index (κ3) is 5.01. The third-order valence-corrected chi connectivity index (χ3v) is 6.06. The summed E-state index contributed by atoms with van der Waals surface area (Å²) in [4.78, 5) is 18.0. The molecule has 7 heteroatoms. The Morgan fingerprint density at radius 3 is 2.50 bits per heavy atom. The van der Waals surface area contributed by atoms with Crippen molar-refractivity contribution in [1.29, 1.82) is 0 Å². The van der Waals surface area contributed by atoms with Crippen LogP contribution in [0.2, 0.25) is 0 Å². The molecule has 1 heterocycles. The lowest BCUT2D eigenvalue weighted by Crippen LogP contribution is -2.23. The monoisotopic (exact) mass is 533 g/mol. The molecule has 0 saturated carbocycles. The Bertz CT molecular complexity index is 1140. The molecular formula is C23H25Br2N3O2. The zero-order valence-electron chi connectivity index (χ0n) is 17.5. The molecule has 0 aliphatic carbocycles. The molecule has 158 valence electrons. The van der Waals surface area contributed by atoms with Crippen LogP contribution >= 0.6 is 31.9 Å². The van der Waals surface area contributed by atoms with Crippen LogP contribution in [0.5, 0.6) is 5.75 Å². The second-order valence-corrected chi connectivity index (χ2v) is 9.15. The third-order valence-electron chi connectivity index (χ3n) is 5.07. The minimum absolute atomic E-state index is 0.0800. The molecule has 0 unspecified atom stereocenters. The fraction of sp³-hybridized carbons (Fsp3) is 0.348. The van der Waals surface area contributed by atoms with Gasteiger partial charge in [0.1, 0.15) is 11.6 Å². The minimum Gasteiger partial charge on any atom is -0.490 e. The highest BCUT2D eigenvalue weighted by Crippen LogP contribution is 2.24. The second-order valence-electron chi connectivity index (χ2n) is 7.32. The number of fused-ring (bicyclic) bond motifs is 1. The average molecular weight is 535 g/mol. The summed E-state index contributed by atoms with van der Waals surface area (Å²) in [5, 5.41) is 5.09. The zero-order valence-corrected chi connectivity index (χ0v) is 20.7. The van der Waals surface area contributed by atoms with E-state index in [4.69, 9.17) is 9.72 Å². The van der Waals surface area contributed by atoms with Gasteiger partial charge in [-0.05, 0) is 56.2 Å². The largest absolute Gasteiger partial charge is 0.490 e. The first-order chi connectivity index (χ1) is 14.3. The first kappa shape index (κ1) is 22.7. The molecule has 1 aromatic heterocycles. The van der Waals surface area contributed by atoms with Crippen molar-refractivity contribution in [3.05, 3.63) is 67.1 Å². The molecule has 0 bridgehead atoms. The Morgan fingerprint density at radius 2 is 1.80 bits per heavy atom. The van der Waals surface area contributed by atoms with Gasteiger partial charge in [0.15, 0.2) is 0 Å². The van der Waals surface area contributed by atoms with Crippen LogP contribution < -0.4 is 10.3 Å². The molecule has 0 radical (unpaired) electrons. The molecule has 0 aliphatic heterocycles. The number of hydrogen-bond acceptors (Lipinski definition) is 4. The van der Waals surface area contributed by atoms with E-state index in [1.165, 1.54) is 4.68 Å². The summed E-state index contributed by atoms with van der Waals surface area (Å²) in [5.41, 5.74) is 1.28. The van der Waals surface area contributed by atoms with E-state index in [2.05, 4.69) is 57.7 Å². The maximum atomic E-state index is 13.3. The van der Waals surface area contributed by atoms with E-state index in [1.807, 2.05) is 37.3 Å². The van der Waals surface area contributed by atoms with Gasteiger partial charge < -0.3 is 4.74 Å². The first-order valence-corrected chi connectivity index (χ1v) is 11.6. The van der Waals surface area contributed by atoms with Crippen molar-refractivity contribution >= 4 is 49.0 Å². The van der Waals surface area contributed by atoms with Crippen molar-refractivity contribution in [2.45, 2.75) is 52.6 Å². The van der Waals surface area contributed by atoms with Gasteiger partial charge in [-0.1, -0.05) is 52.6 Å². The summed E-state index contributed by atoms with van der Waals surface area (Å²) in [6.45, 7) is 8.23. The lowest BCUT2D eigenvalue weighted by molar-refractivity contribution is 0.217. The molecule has 2 aromatic carbocycles. The Labute approximate surface area is 193 Å². The highest BCUT2D eigenvalue weighted by Gasteiger charge is 2.16. The Morgan fingerprint density at radius 1 is 1.10 bits per heavy atom. The van der Waals surface area contributed by atoms with Crippen LogP contribution in [0, 0.1) is 0 Å². The predicted octanol–water partition coefficient (Wildman–Crippen LogP) is 6.49. The van der Waals surface area contributed by atoms with Crippen LogP contribution in [0.1, 0.15) is 57.8 Å². The van der Waals surface area contributed by atoms with E-state index in [0.717, 1.165) is 33.1 Å². The van der Waals surface area contributed by atoms with Crippen LogP contribution in [0.25, 0.3) is 10.9 Å². The van der Waals surface area contributed by atoms with Gasteiger partial charge in [-0.2, -0.15) is 9.78 Å². The molecule has 30 heavy (non-hydrogen) atoms. The van der Waals surface area contributed by atoms with Gasteiger partial charge in [-0.25, -0.2) is 4.98 Å². The standard InChI is InChI=1S/C23H25Br2N3O2/c1-5-14(3)22-27-20-9-7-18(25)12-19(20)23(29)28(22)26-13-16-11-17(24)8-10-21(16)30-15(4)6-2/h7-15H,5-6H2,1-4H3/t14-,15-/m1/s1. The van der Waals surface area contributed by atoms with Gasteiger partial charge in [0.2, 0.25) is 0 Å². The minimum atomic E-state index is -0.188. The summed E-state index contributed by atoms with van der Waals surface area (Å²) in [5.74, 6) is 1.46. The van der Waals surface area contributed by atoms with E-state index in [-0.39, 0.29) is 17.6 Å².